The van der Waals surface area contributed by atoms with Gasteiger partial charge in [0.25, 0.3) is 11.8 Å². The molecular formula is C23H29N5O3. The van der Waals surface area contributed by atoms with Crippen LogP contribution in [-0.2, 0) is 11.3 Å². The van der Waals surface area contributed by atoms with Gasteiger partial charge in [0, 0.05) is 39.3 Å². The number of benzene rings is 1. The van der Waals surface area contributed by atoms with Crippen LogP contribution < -0.4 is 20.3 Å². The molecule has 1 unspecified atom stereocenters. The standard InChI is InChI=1S/C23H29N5O3/c1-4-20-23(30)26-19-11-16(5-8-21(19)31-20)14-27-9-10-28(15(2)13-27)17-6-7-18(25-12-17)22(29)24-3/h5-8,11-12,15,20H,4,9-10,13-14H2,1-3H3,(H,24,29)(H,26,30)/t15?,20-/m0/s1. The summed E-state index contributed by atoms with van der Waals surface area (Å²) in [6, 6.07) is 10.1. The maximum atomic E-state index is 12.1. The molecule has 0 aliphatic carbocycles. The Kier molecular flexibility index (Phi) is 6.08. The molecule has 8 nitrogen and oxygen atoms in total. The Morgan fingerprint density at radius 3 is 2.81 bits per heavy atom. The molecule has 2 aliphatic heterocycles. The average molecular weight is 424 g/mol. The quantitative estimate of drug-likeness (QED) is 0.767. The van der Waals surface area contributed by atoms with Gasteiger partial charge >= 0.3 is 0 Å². The first-order valence-corrected chi connectivity index (χ1v) is 10.8. The molecule has 0 radical (unpaired) electrons. The van der Waals surface area contributed by atoms with E-state index in [2.05, 4.69) is 38.4 Å². The number of nitrogens with zero attached hydrogens (tertiary/aromatic N) is 3. The van der Waals surface area contributed by atoms with Crippen LogP contribution in [0.1, 0.15) is 36.3 Å². The number of nitrogens with one attached hydrogen (secondary N) is 2. The Morgan fingerprint density at radius 2 is 2.13 bits per heavy atom. The fraction of sp³-hybridized carbons (Fsp3) is 0.435. The van der Waals surface area contributed by atoms with Crippen LogP contribution in [0.2, 0.25) is 0 Å². The molecule has 1 aromatic heterocycles. The Balaban J connectivity index is 1.38. The zero-order valence-corrected chi connectivity index (χ0v) is 18.2. The number of ether oxygens (including phenoxy) is 1. The molecule has 0 bridgehead atoms. The van der Waals surface area contributed by atoms with Crippen molar-refractivity contribution in [2.75, 3.05) is 36.9 Å². The summed E-state index contributed by atoms with van der Waals surface area (Å²) in [5, 5.41) is 5.56. The first-order chi connectivity index (χ1) is 15.0. The van der Waals surface area contributed by atoms with Crippen molar-refractivity contribution in [2.24, 2.45) is 0 Å². The second kappa shape index (κ2) is 8.93. The lowest BCUT2D eigenvalue weighted by Crippen LogP contribution is -2.51. The number of piperazine rings is 1. The van der Waals surface area contributed by atoms with Crippen LogP contribution >= 0.6 is 0 Å². The fourth-order valence-electron chi connectivity index (χ4n) is 4.20. The highest BCUT2D eigenvalue weighted by molar-refractivity contribution is 5.97. The van der Waals surface area contributed by atoms with Gasteiger partial charge in [-0.15, -0.1) is 0 Å². The second-order valence-electron chi connectivity index (χ2n) is 8.09. The Morgan fingerprint density at radius 1 is 1.29 bits per heavy atom. The number of rotatable bonds is 5. The molecular weight excluding hydrogens is 394 g/mol. The number of aromatic nitrogens is 1. The number of carbonyl (C=O) groups is 2. The number of anilines is 2. The minimum Gasteiger partial charge on any atom is -0.478 e. The molecule has 2 amide bonds. The largest absolute Gasteiger partial charge is 0.478 e. The molecule has 0 spiro atoms. The van der Waals surface area contributed by atoms with Crippen molar-refractivity contribution < 1.29 is 14.3 Å². The molecule has 1 fully saturated rings. The van der Waals surface area contributed by atoms with Gasteiger partial charge in [0.05, 0.1) is 17.6 Å². The van der Waals surface area contributed by atoms with Crippen LogP contribution in [0.25, 0.3) is 0 Å². The lowest BCUT2D eigenvalue weighted by Gasteiger charge is -2.41. The predicted octanol–water partition coefficient (Wildman–Crippen LogP) is 2.26. The highest BCUT2D eigenvalue weighted by Crippen LogP contribution is 2.32. The molecule has 2 atom stereocenters. The zero-order chi connectivity index (χ0) is 22.0. The molecule has 2 N–H and O–H groups in total. The van der Waals surface area contributed by atoms with Gasteiger partial charge in [-0.05, 0) is 43.2 Å². The van der Waals surface area contributed by atoms with Crippen LogP contribution in [-0.4, -0.2) is 60.5 Å². The van der Waals surface area contributed by atoms with E-state index in [-0.39, 0.29) is 11.8 Å². The highest BCUT2D eigenvalue weighted by atomic mass is 16.5. The summed E-state index contributed by atoms with van der Waals surface area (Å²) in [5.74, 6) is 0.479. The van der Waals surface area contributed by atoms with E-state index in [1.807, 2.05) is 25.1 Å². The third-order valence-electron chi connectivity index (χ3n) is 5.89. The minimum atomic E-state index is -0.410. The van der Waals surface area contributed by atoms with Crippen molar-refractivity contribution in [1.82, 2.24) is 15.2 Å². The summed E-state index contributed by atoms with van der Waals surface area (Å²) >= 11 is 0. The lowest BCUT2D eigenvalue weighted by molar-refractivity contribution is -0.123. The van der Waals surface area contributed by atoms with Gasteiger partial charge in [-0.2, -0.15) is 0 Å². The lowest BCUT2D eigenvalue weighted by atomic mass is 10.1. The summed E-state index contributed by atoms with van der Waals surface area (Å²) in [4.78, 5) is 32.8. The maximum Gasteiger partial charge on any atom is 0.269 e. The number of amides is 2. The van der Waals surface area contributed by atoms with E-state index in [1.165, 1.54) is 0 Å². The number of hydrogen-bond acceptors (Lipinski definition) is 6. The van der Waals surface area contributed by atoms with Crippen LogP contribution in [0.3, 0.4) is 0 Å². The summed E-state index contributed by atoms with van der Waals surface area (Å²) < 4.78 is 5.79. The molecule has 4 rings (SSSR count). The van der Waals surface area contributed by atoms with Crippen LogP contribution in [0, 0.1) is 0 Å². The van der Waals surface area contributed by atoms with Gasteiger partial charge in [0.15, 0.2) is 6.10 Å². The molecule has 8 heteroatoms. The number of pyridine rings is 1. The summed E-state index contributed by atoms with van der Waals surface area (Å²) in [6.45, 7) is 7.66. The monoisotopic (exact) mass is 423 g/mol. The molecule has 2 aromatic rings. The average Bonchev–Trinajstić information content (AvgIpc) is 2.78. The normalized spacial score (nSPS) is 21.1. The maximum absolute atomic E-state index is 12.1. The van der Waals surface area contributed by atoms with Crippen molar-refractivity contribution in [1.29, 1.82) is 0 Å². The van der Waals surface area contributed by atoms with Crippen LogP contribution in [0.5, 0.6) is 5.75 Å². The topological polar surface area (TPSA) is 86.8 Å². The second-order valence-corrected chi connectivity index (χ2v) is 8.09. The van der Waals surface area contributed by atoms with E-state index < -0.39 is 6.10 Å². The van der Waals surface area contributed by atoms with E-state index in [0.717, 1.165) is 48.9 Å². The molecule has 1 aromatic carbocycles. The van der Waals surface area contributed by atoms with Crippen LogP contribution in [0.4, 0.5) is 11.4 Å². The summed E-state index contributed by atoms with van der Waals surface area (Å²) in [6.07, 6.45) is 2.01. The molecule has 164 valence electrons. The third kappa shape index (κ3) is 4.49. The predicted molar refractivity (Wildman–Crippen MR) is 119 cm³/mol. The molecule has 31 heavy (non-hydrogen) atoms. The molecule has 3 heterocycles. The van der Waals surface area contributed by atoms with Crippen molar-refractivity contribution >= 4 is 23.2 Å². The summed E-state index contributed by atoms with van der Waals surface area (Å²) in [7, 11) is 1.60. The van der Waals surface area contributed by atoms with Gasteiger partial charge in [-0.1, -0.05) is 13.0 Å². The zero-order valence-electron chi connectivity index (χ0n) is 18.2. The van der Waals surface area contributed by atoms with E-state index >= 15 is 0 Å². The van der Waals surface area contributed by atoms with Gasteiger partial charge in [-0.25, -0.2) is 4.98 Å². The molecule has 2 aliphatic rings. The van der Waals surface area contributed by atoms with Gasteiger partial charge in [0.1, 0.15) is 11.4 Å². The fourth-order valence-corrected chi connectivity index (χ4v) is 4.20. The number of carbonyl (C=O) groups excluding carboxylic acids is 2. The molecule has 0 saturated carbocycles. The van der Waals surface area contributed by atoms with E-state index in [9.17, 15) is 9.59 Å². The molecule has 1 saturated heterocycles. The van der Waals surface area contributed by atoms with Crippen LogP contribution in [0.15, 0.2) is 36.5 Å². The van der Waals surface area contributed by atoms with E-state index in [1.54, 1.807) is 19.3 Å². The minimum absolute atomic E-state index is 0.0783. The smallest absolute Gasteiger partial charge is 0.269 e. The van der Waals surface area contributed by atoms with E-state index in [4.69, 9.17) is 4.74 Å². The van der Waals surface area contributed by atoms with Crippen molar-refractivity contribution in [3.8, 4) is 5.75 Å². The van der Waals surface area contributed by atoms with Gasteiger partial charge in [0.2, 0.25) is 0 Å². The third-order valence-corrected chi connectivity index (χ3v) is 5.89. The van der Waals surface area contributed by atoms with Crippen molar-refractivity contribution in [3.05, 3.63) is 47.8 Å². The SMILES string of the molecule is CC[C@@H]1Oc2ccc(CN3CCN(c4ccc(C(=O)NC)nc4)C(C)C3)cc2NC1=O. The number of hydrogen-bond donors (Lipinski definition) is 2. The Labute approximate surface area is 182 Å². The summed E-state index contributed by atoms with van der Waals surface area (Å²) in [5.41, 5.74) is 3.35. The van der Waals surface area contributed by atoms with Gasteiger partial charge < -0.3 is 20.3 Å². The van der Waals surface area contributed by atoms with Gasteiger partial charge in [-0.3, -0.25) is 14.5 Å². The highest BCUT2D eigenvalue weighted by Gasteiger charge is 2.27. The van der Waals surface area contributed by atoms with Crippen molar-refractivity contribution in [3.63, 3.8) is 0 Å². The Bertz CT molecular complexity index is 962. The Hall–Kier alpha value is -3.13. The van der Waals surface area contributed by atoms with Crippen molar-refractivity contribution in [2.45, 2.75) is 39.0 Å². The van der Waals surface area contributed by atoms with E-state index in [0.29, 0.717) is 18.2 Å². The number of fused-ring (bicyclic) bond motifs is 1. The first-order valence-electron chi connectivity index (χ1n) is 10.8. The first kappa shape index (κ1) is 21.1.